The van der Waals surface area contributed by atoms with Crippen LogP contribution in [0.4, 0.5) is 18.0 Å². The fourth-order valence-corrected chi connectivity index (χ4v) is 2.61. The van der Waals surface area contributed by atoms with Crippen LogP contribution in [0.2, 0.25) is 0 Å². The van der Waals surface area contributed by atoms with Crippen LogP contribution in [0.25, 0.3) is 0 Å². The van der Waals surface area contributed by atoms with E-state index < -0.39 is 18.4 Å². The summed E-state index contributed by atoms with van der Waals surface area (Å²) in [7, 11) is 1.12. The Morgan fingerprint density at radius 1 is 1.21 bits per heavy atom. The number of carbonyl (C=O) groups excluding carboxylic acids is 2. The first-order chi connectivity index (χ1) is 13.3. The van der Waals surface area contributed by atoms with Crippen molar-refractivity contribution in [2.24, 2.45) is 0 Å². The average molecular weight is 423 g/mol. The van der Waals surface area contributed by atoms with Crippen LogP contribution in [-0.2, 0) is 34.3 Å². The third-order valence-corrected chi connectivity index (χ3v) is 3.87. The van der Waals surface area contributed by atoms with E-state index in [1.165, 1.54) is 4.90 Å². The lowest BCUT2D eigenvalue weighted by atomic mass is 10.1. The Balaban J connectivity index is 1.93. The largest absolute Gasteiger partial charge is 0.550 e. The van der Waals surface area contributed by atoms with Gasteiger partial charge in [-0.15, -0.1) is 22.4 Å². The number of hydrogen-bond acceptors (Lipinski definition) is 8. The van der Waals surface area contributed by atoms with Gasteiger partial charge in [-0.2, -0.15) is 0 Å². The molecule has 12 heteroatoms. The van der Waals surface area contributed by atoms with Gasteiger partial charge in [-0.05, 0) is 5.56 Å². The van der Waals surface area contributed by atoms with Gasteiger partial charge in [0.15, 0.2) is 0 Å². The molecule has 2 rings (SSSR count). The molecule has 0 N–H and O–H groups in total. The van der Waals surface area contributed by atoms with Crippen LogP contribution in [0.5, 0.6) is 0 Å². The van der Waals surface area contributed by atoms with Crippen LogP contribution in [0.1, 0.15) is 12.0 Å². The second-order valence-electron chi connectivity index (χ2n) is 5.35. The summed E-state index contributed by atoms with van der Waals surface area (Å²) in [5.41, 5.74) is 0.743. The summed E-state index contributed by atoms with van der Waals surface area (Å²) in [4.78, 5) is 28.5. The maximum Gasteiger partial charge on any atom is 0.550 e. The van der Waals surface area contributed by atoms with E-state index in [9.17, 15) is 22.8 Å². The molecule has 1 aromatic carbocycles. The van der Waals surface area contributed by atoms with Crippen LogP contribution < -0.4 is 0 Å². The third kappa shape index (κ3) is 6.94. The number of halogens is 3. The number of alkyl halides is 3. The topological polar surface area (TPSA) is 83.5 Å². The Labute approximate surface area is 162 Å². The molecule has 1 amide bonds. The summed E-state index contributed by atoms with van der Waals surface area (Å²) >= 11 is -0.107. The molecule has 0 aromatic heterocycles. The molecule has 8 nitrogen and oxygen atoms in total. The first kappa shape index (κ1) is 21.9. The van der Waals surface area contributed by atoms with Crippen LogP contribution in [0, 0.1) is 0 Å². The van der Waals surface area contributed by atoms with Gasteiger partial charge in [-0.3, -0.25) is 0 Å². The first-order valence-electron chi connectivity index (χ1n) is 7.82. The zero-order chi connectivity index (χ0) is 20.6. The van der Waals surface area contributed by atoms with Crippen molar-refractivity contribution in [1.29, 1.82) is 0 Å². The summed E-state index contributed by atoms with van der Waals surface area (Å²) in [5.74, 6) is -0.789. The normalized spacial score (nSPS) is 14.6. The second-order valence-corrected chi connectivity index (χ2v) is 5.79. The Hall–Kier alpha value is -2.44. The molecular weight excluding hydrogens is 407 g/mol. The summed E-state index contributed by atoms with van der Waals surface area (Å²) in [6.07, 6.45) is -5.62. The maximum atomic E-state index is 12.2. The van der Waals surface area contributed by atoms with Gasteiger partial charge in [0, 0.05) is 13.0 Å². The van der Waals surface area contributed by atoms with Gasteiger partial charge in [0.2, 0.25) is 0 Å². The molecule has 0 bridgehead atoms. The maximum absolute atomic E-state index is 12.2. The van der Waals surface area contributed by atoms with E-state index in [2.05, 4.69) is 14.0 Å². The van der Waals surface area contributed by atoms with Crippen molar-refractivity contribution in [2.75, 3.05) is 20.2 Å². The molecule has 1 heterocycles. The monoisotopic (exact) mass is 423 g/mol. The van der Waals surface area contributed by atoms with E-state index in [1.807, 2.05) is 6.07 Å². The molecule has 0 aliphatic carbocycles. The lowest BCUT2D eigenvalue weighted by molar-refractivity contribution is -0.441. The van der Waals surface area contributed by atoms with E-state index in [0.29, 0.717) is 0 Å². The average Bonchev–Trinajstić information content (AvgIpc) is 2.69. The molecular formula is C16H16F3NO7S. The van der Waals surface area contributed by atoms with Crippen molar-refractivity contribution in [3.63, 3.8) is 0 Å². The molecule has 28 heavy (non-hydrogen) atoms. The number of esters is 1. The highest BCUT2D eigenvalue weighted by atomic mass is 32.2. The Bertz CT molecular complexity index is 712. The van der Waals surface area contributed by atoms with E-state index >= 15 is 0 Å². The summed E-state index contributed by atoms with van der Waals surface area (Å²) in [5, 5.41) is 0. The number of methoxy groups -OCH3 is 1. The number of carbonyl (C=O) groups is 2. The lowest BCUT2D eigenvalue weighted by Crippen LogP contribution is -2.39. The molecule has 0 saturated heterocycles. The molecule has 0 unspecified atom stereocenters. The lowest BCUT2D eigenvalue weighted by Gasteiger charge is -2.28. The van der Waals surface area contributed by atoms with E-state index in [1.54, 1.807) is 24.3 Å². The summed E-state index contributed by atoms with van der Waals surface area (Å²) in [6, 6.07) is 9.00. The summed E-state index contributed by atoms with van der Waals surface area (Å²) < 4.78 is 54.1. The van der Waals surface area contributed by atoms with Crippen molar-refractivity contribution in [2.45, 2.75) is 19.4 Å². The van der Waals surface area contributed by atoms with Crippen molar-refractivity contribution in [3.8, 4) is 0 Å². The third-order valence-electron chi connectivity index (χ3n) is 3.48. The van der Waals surface area contributed by atoms with Gasteiger partial charge in [0.05, 0.1) is 19.2 Å². The molecule has 0 fully saturated rings. The van der Waals surface area contributed by atoms with Gasteiger partial charge in [-0.1, -0.05) is 30.3 Å². The SMILES string of the molecule is COC(=O)C1=C(OSOOC(F)(F)F)CCN(C(=O)OCc2ccccc2)C1. The Kier molecular flexibility index (Phi) is 7.96. The molecule has 1 aromatic rings. The molecule has 0 atom stereocenters. The molecule has 0 spiro atoms. The van der Waals surface area contributed by atoms with Gasteiger partial charge in [0.1, 0.15) is 12.4 Å². The van der Waals surface area contributed by atoms with Gasteiger partial charge in [0.25, 0.3) is 12.3 Å². The zero-order valence-electron chi connectivity index (χ0n) is 14.6. The molecule has 0 radical (unpaired) electrons. The molecule has 1 aliphatic heterocycles. The van der Waals surface area contributed by atoms with E-state index in [0.717, 1.165) is 12.7 Å². The van der Waals surface area contributed by atoms with Gasteiger partial charge in [-0.25, -0.2) is 9.59 Å². The van der Waals surface area contributed by atoms with Crippen molar-refractivity contribution >= 4 is 24.4 Å². The number of rotatable bonds is 7. The number of nitrogens with zero attached hydrogens (tertiary/aromatic N) is 1. The van der Waals surface area contributed by atoms with Crippen LogP contribution in [-0.4, -0.2) is 43.5 Å². The van der Waals surface area contributed by atoms with Crippen LogP contribution in [0.3, 0.4) is 0 Å². The van der Waals surface area contributed by atoms with Crippen molar-refractivity contribution in [1.82, 2.24) is 4.90 Å². The minimum Gasteiger partial charge on any atom is -0.466 e. The highest BCUT2D eigenvalue weighted by molar-refractivity contribution is 7.89. The fraction of sp³-hybridized carbons (Fsp3) is 0.375. The number of benzene rings is 1. The number of amides is 1. The highest BCUT2D eigenvalue weighted by Gasteiger charge is 2.33. The fourth-order valence-electron chi connectivity index (χ4n) is 2.21. The Morgan fingerprint density at radius 2 is 1.93 bits per heavy atom. The predicted octanol–water partition coefficient (Wildman–Crippen LogP) is 3.50. The van der Waals surface area contributed by atoms with Gasteiger partial charge >= 0.3 is 18.4 Å². The minimum atomic E-state index is -5.00. The number of hydrogen-bond donors (Lipinski definition) is 0. The second kappa shape index (κ2) is 10.2. The summed E-state index contributed by atoms with van der Waals surface area (Å²) in [6.45, 7) is -0.0320. The number of ether oxygens (including phenoxy) is 2. The minimum absolute atomic E-state index is 0.00901. The molecule has 1 aliphatic rings. The Morgan fingerprint density at radius 3 is 2.57 bits per heavy atom. The van der Waals surface area contributed by atoms with E-state index in [-0.39, 0.29) is 49.8 Å². The van der Waals surface area contributed by atoms with Gasteiger partial charge < -0.3 is 18.6 Å². The van der Waals surface area contributed by atoms with Crippen molar-refractivity contribution in [3.05, 3.63) is 47.2 Å². The van der Waals surface area contributed by atoms with Crippen LogP contribution >= 0.6 is 12.3 Å². The molecule has 0 saturated carbocycles. The standard InChI is InChI=1S/C16H16F3NO7S/c1-23-14(21)12-9-20(15(22)24-10-11-5-3-2-4-6-11)8-7-13(12)25-28-27-26-16(17,18)19/h2-6H,7-10H2,1H3. The van der Waals surface area contributed by atoms with E-state index in [4.69, 9.17) is 8.92 Å². The zero-order valence-corrected chi connectivity index (χ0v) is 15.4. The predicted molar refractivity (Wildman–Crippen MR) is 88.8 cm³/mol. The van der Waals surface area contributed by atoms with Crippen molar-refractivity contribution < 1.29 is 45.6 Å². The quantitative estimate of drug-likeness (QED) is 0.217. The smallest absolute Gasteiger partial charge is 0.466 e. The molecule has 154 valence electrons. The van der Waals surface area contributed by atoms with Crippen LogP contribution in [0.15, 0.2) is 41.7 Å². The first-order valence-corrected chi connectivity index (χ1v) is 8.48. The highest BCUT2D eigenvalue weighted by Crippen LogP contribution is 2.27.